The highest BCUT2D eigenvalue weighted by Gasteiger charge is 2.14. The molecule has 0 aliphatic carbocycles. The Morgan fingerprint density at radius 1 is 1.07 bits per heavy atom. The van der Waals surface area contributed by atoms with Gasteiger partial charge < -0.3 is 9.26 Å². The maximum atomic E-state index is 12.0. The number of nitrogens with one attached hydrogen (secondary N) is 1. The third-order valence-corrected chi connectivity index (χ3v) is 4.07. The van der Waals surface area contributed by atoms with Gasteiger partial charge >= 0.3 is 0 Å². The quantitative estimate of drug-likeness (QED) is 0.727. The molecule has 0 aliphatic heterocycles. The number of benzene rings is 2. The highest BCUT2D eigenvalue weighted by molar-refractivity contribution is 5.90. The molecule has 0 fully saturated rings. The first-order chi connectivity index (χ1) is 12.8. The van der Waals surface area contributed by atoms with Crippen molar-refractivity contribution in [1.29, 1.82) is 0 Å². The molecule has 0 atom stereocenters. The molecule has 1 N–H and O–H groups in total. The van der Waals surface area contributed by atoms with E-state index in [4.69, 9.17) is 9.26 Å². The van der Waals surface area contributed by atoms with Crippen LogP contribution in [0.15, 0.2) is 53.1 Å². The van der Waals surface area contributed by atoms with Crippen molar-refractivity contribution in [3.8, 4) is 17.2 Å². The van der Waals surface area contributed by atoms with Crippen molar-refractivity contribution in [3.63, 3.8) is 0 Å². The van der Waals surface area contributed by atoms with Crippen LogP contribution in [0.5, 0.6) is 5.75 Å². The van der Waals surface area contributed by atoms with Gasteiger partial charge in [-0.1, -0.05) is 50.6 Å². The van der Waals surface area contributed by atoms with E-state index < -0.39 is 0 Å². The van der Waals surface area contributed by atoms with Crippen molar-refractivity contribution in [2.24, 2.45) is 0 Å². The molecule has 1 heterocycles. The van der Waals surface area contributed by atoms with Crippen molar-refractivity contribution in [2.75, 3.05) is 11.9 Å². The van der Waals surface area contributed by atoms with Crippen molar-refractivity contribution in [3.05, 3.63) is 59.7 Å². The molecule has 3 aromatic rings. The number of carbonyl (C=O) groups excluding carboxylic acids is 1. The molecule has 140 valence electrons. The van der Waals surface area contributed by atoms with Gasteiger partial charge in [0.2, 0.25) is 0 Å². The highest BCUT2D eigenvalue weighted by Crippen LogP contribution is 2.24. The van der Waals surface area contributed by atoms with E-state index in [-0.39, 0.29) is 23.9 Å². The molecule has 0 radical (unpaired) electrons. The van der Waals surface area contributed by atoms with Crippen molar-refractivity contribution >= 4 is 11.9 Å². The van der Waals surface area contributed by atoms with E-state index in [1.54, 1.807) is 0 Å². The summed E-state index contributed by atoms with van der Waals surface area (Å²) in [5.74, 6) is 0.740. The molecular formula is C21H23N3O3. The zero-order chi connectivity index (χ0) is 19.4. The van der Waals surface area contributed by atoms with E-state index in [2.05, 4.69) is 36.2 Å². The fourth-order valence-corrected chi connectivity index (χ4v) is 2.45. The minimum Gasteiger partial charge on any atom is -0.484 e. The Bertz CT molecular complexity index is 907. The molecule has 2 aromatic carbocycles. The number of amides is 1. The maximum Gasteiger partial charge on any atom is 0.270 e. The monoisotopic (exact) mass is 365 g/mol. The normalized spacial score (nSPS) is 11.3. The average Bonchev–Trinajstić information content (AvgIpc) is 3.08. The summed E-state index contributed by atoms with van der Waals surface area (Å²) in [6, 6.07) is 15.4. The lowest BCUT2D eigenvalue weighted by molar-refractivity contribution is -0.118. The number of rotatable bonds is 5. The molecule has 6 heteroatoms. The number of aryl methyl sites for hydroxylation is 1. The van der Waals surface area contributed by atoms with Gasteiger partial charge in [0.15, 0.2) is 6.61 Å². The van der Waals surface area contributed by atoms with Gasteiger partial charge in [0, 0.05) is 5.56 Å². The second-order valence-corrected chi connectivity index (χ2v) is 7.40. The third-order valence-electron chi connectivity index (χ3n) is 4.07. The molecule has 27 heavy (non-hydrogen) atoms. The minimum absolute atomic E-state index is 0.0731. The van der Waals surface area contributed by atoms with E-state index in [0.29, 0.717) is 11.6 Å². The lowest BCUT2D eigenvalue weighted by Crippen LogP contribution is -2.21. The molecule has 0 saturated carbocycles. The van der Waals surface area contributed by atoms with Crippen molar-refractivity contribution in [2.45, 2.75) is 33.1 Å². The summed E-state index contributed by atoms with van der Waals surface area (Å²) in [4.78, 5) is 16.2. The van der Waals surface area contributed by atoms with Gasteiger partial charge in [0.05, 0.1) is 0 Å². The Hall–Kier alpha value is -3.15. The lowest BCUT2D eigenvalue weighted by Gasteiger charge is -2.19. The van der Waals surface area contributed by atoms with E-state index in [1.165, 1.54) is 5.56 Å². The maximum absolute atomic E-state index is 12.0. The number of hydrogen-bond donors (Lipinski definition) is 1. The van der Waals surface area contributed by atoms with Crippen LogP contribution in [0.1, 0.15) is 31.9 Å². The van der Waals surface area contributed by atoms with Gasteiger partial charge in [0.1, 0.15) is 5.75 Å². The number of nitrogens with zero attached hydrogens (tertiary/aromatic N) is 2. The molecule has 1 aromatic heterocycles. The number of hydrogen-bond acceptors (Lipinski definition) is 5. The summed E-state index contributed by atoms with van der Waals surface area (Å²) >= 11 is 0. The Morgan fingerprint density at radius 3 is 2.37 bits per heavy atom. The van der Waals surface area contributed by atoms with Crippen LogP contribution in [0.4, 0.5) is 5.95 Å². The smallest absolute Gasteiger partial charge is 0.270 e. The van der Waals surface area contributed by atoms with Gasteiger partial charge in [-0.25, -0.2) is 0 Å². The first-order valence-electron chi connectivity index (χ1n) is 8.75. The molecule has 0 saturated heterocycles. The van der Waals surface area contributed by atoms with Crippen molar-refractivity contribution in [1.82, 2.24) is 10.1 Å². The molecule has 1 amide bonds. The van der Waals surface area contributed by atoms with Crippen LogP contribution in [0.3, 0.4) is 0 Å². The standard InChI is InChI=1S/C21H23N3O3/c1-14-5-7-15(8-6-14)19-23-20(24-27-19)22-18(25)13-26-17-11-9-16(10-12-17)21(2,3)4/h5-12H,13H2,1-4H3,(H,22,24,25). The predicted octanol–water partition coefficient (Wildman–Crippen LogP) is 4.36. The summed E-state index contributed by atoms with van der Waals surface area (Å²) in [6.07, 6.45) is 0. The molecule has 3 rings (SSSR count). The Kier molecular flexibility index (Phi) is 5.26. The second kappa shape index (κ2) is 7.61. The zero-order valence-electron chi connectivity index (χ0n) is 15.9. The fourth-order valence-electron chi connectivity index (χ4n) is 2.45. The molecule has 6 nitrogen and oxygen atoms in total. The number of carbonyl (C=O) groups is 1. The predicted molar refractivity (Wildman–Crippen MR) is 104 cm³/mol. The summed E-state index contributed by atoms with van der Waals surface area (Å²) in [6.45, 7) is 8.30. The van der Waals surface area contributed by atoms with Crippen LogP contribution in [-0.4, -0.2) is 22.7 Å². The SMILES string of the molecule is Cc1ccc(-c2nc(NC(=O)COc3ccc(C(C)(C)C)cc3)no2)cc1. The van der Waals surface area contributed by atoms with Gasteiger partial charge in [-0.2, -0.15) is 4.98 Å². The average molecular weight is 365 g/mol. The summed E-state index contributed by atoms with van der Waals surface area (Å²) < 4.78 is 10.7. The summed E-state index contributed by atoms with van der Waals surface area (Å²) in [5.41, 5.74) is 3.21. The van der Waals surface area contributed by atoms with E-state index in [9.17, 15) is 4.79 Å². The fraction of sp³-hybridized carbons (Fsp3) is 0.286. The van der Waals surface area contributed by atoms with E-state index >= 15 is 0 Å². The molecular weight excluding hydrogens is 342 g/mol. The molecule has 0 unspecified atom stereocenters. The molecule has 0 aliphatic rings. The Morgan fingerprint density at radius 2 is 1.74 bits per heavy atom. The largest absolute Gasteiger partial charge is 0.484 e. The summed E-state index contributed by atoms with van der Waals surface area (Å²) in [5, 5.41) is 6.34. The third kappa shape index (κ3) is 4.94. The van der Waals surface area contributed by atoms with Crippen LogP contribution in [-0.2, 0) is 10.2 Å². The Labute approximate surface area is 158 Å². The second-order valence-electron chi connectivity index (χ2n) is 7.40. The first-order valence-corrected chi connectivity index (χ1v) is 8.75. The highest BCUT2D eigenvalue weighted by atomic mass is 16.5. The van der Waals surface area contributed by atoms with Crippen LogP contribution in [0.2, 0.25) is 0 Å². The minimum atomic E-state index is -0.355. The van der Waals surface area contributed by atoms with Gasteiger partial charge in [-0.05, 0) is 47.3 Å². The van der Waals surface area contributed by atoms with Gasteiger partial charge in [0.25, 0.3) is 17.7 Å². The van der Waals surface area contributed by atoms with Gasteiger partial charge in [-0.15, -0.1) is 0 Å². The Balaban J connectivity index is 1.54. The number of anilines is 1. The summed E-state index contributed by atoms with van der Waals surface area (Å²) in [7, 11) is 0. The van der Waals surface area contributed by atoms with E-state index in [1.807, 2.05) is 55.5 Å². The number of ether oxygens (including phenoxy) is 1. The molecule has 0 spiro atoms. The lowest BCUT2D eigenvalue weighted by atomic mass is 9.87. The van der Waals surface area contributed by atoms with Crippen LogP contribution in [0, 0.1) is 6.92 Å². The first kappa shape index (κ1) is 18.6. The van der Waals surface area contributed by atoms with E-state index in [0.717, 1.165) is 11.1 Å². The van der Waals surface area contributed by atoms with Crippen LogP contribution >= 0.6 is 0 Å². The van der Waals surface area contributed by atoms with Crippen molar-refractivity contribution < 1.29 is 14.1 Å². The van der Waals surface area contributed by atoms with Crippen LogP contribution < -0.4 is 10.1 Å². The van der Waals surface area contributed by atoms with Gasteiger partial charge in [-0.3, -0.25) is 10.1 Å². The topological polar surface area (TPSA) is 77.2 Å². The zero-order valence-corrected chi connectivity index (χ0v) is 15.9. The number of aromatic nitrogens is 2. The molecule has 0 bridgehead atoms. The van der Waals surface area contributed by atoms with Crippen LogP contribution in [0.25, 0.3) is 11.5 Å².